The zero-order chi connectivity index (χ0) is 9.10. The molecule has 0 spiro atoms. The lowest BCUT2D eigenvalue weighted by molar-refractivity contribution is 0.0632. The van der Waals surface area contributed by atoms with Crippen molar-refractivity contribution in [3.63, 3.8) is 0 Å². The molecule has 2 rings (SSSR count). The molecule has 2 aliphatic rings. The Labute approximate surface area is 89.4 Å². The van der Waals surface area contributed by atoms with Crippen molar-refractivity contribution in [2.24, 2.45) is 11.8 Å². The van der Waals surface area contributed by atoms with Crippen LogP contribution in [0.3, 0.4) is 0 Å². The van der Waals surface area contributed by atoms with Crippen LogP contribution in [-0.2, 0) is 4.74 Å². The molecule has 1 nitrogen and oxygen atoms in total. The molecule has 76 valence electrons. The van der Waals surface area contributed by atoms with Gasteiger partial charge in [-0.15, -0.1) is 0 Å². The van der Waals surface area contributed by atoms with Gasteiger partial charge in [-0.05, 0) is 50.4 Å². The first-order chi connectivity index (χ1) is 6.36. The minimum atomic E-state index is 0.815. The summed E-state index contributed by atoms with van der Waals surface area (Å²) in [4.78, 5) is 0.815. The van der Waals surface area contributed by atoms with Gasteiger partial charge in [0.1, 0.15) is 0 Å². The Morgan fingerprint density at radius 2 is 1.85 bits per heavy atom. The van der Waals surface area contributed by atoms with Gasteiger partial charge in [-0.2, -0.15) is 0 Å². The molecule has 0 aromatic heterocycles. The Morgan fingerprint density at radius 3 is 2.46 bits per heavy atom. The SMILES string of the molecule is BrC(CCC1CCOCC1)C1CC1. The second-order valence-corrected chi connectivity index (χ2v) is 5.66. The molecule has 1 unspecified atom stereocenters. The van der Waals surface area contributed by atoms with Crippen LogP contribution in [-0.4, -0.2) is 18.0 Å². The Morgan fingerprint density at radius 1 is 1.15 bits per heavy atom. The van der Waals surface area contributed by atoms with E-state index in [0.717, 1.165) is 29.9 Å². The van der Waals surface area contributed by atoms with E-state index in [9.17, 15) is 0 Å². The molecule has 0 N–H and O–H groups in total. The average molecular weight is 247 g/mol. The zero-order valence-electron chi connectivity index (χ0n) is 8.18. The minimum absolute atomic E-state index is 0.815. The normalized spacial score (nSPS) is 27.5. The van der Waals surface area contributed by atoms with Gasteiger partial charge < -0.3 is 4.74 Å². The molecule has 1 saturated carbocycles. The van der Waals surface area contributed by atoms with Crippen LogP contribution in [0.4, 0.5) is 0 Å². The minimum Gasteiger partial charge on any atom is -0.381 e. The van der Waals surface area contributed by atoms with Gasteiger partial charge >= 0.3 is 0 Å². The van der Waals surface area contributed by atoms with E-state index < -0.39 is 0 Å². The van der Waals surface area contributed by atoms with E-state index in [-0.39, 0.29) is 0 Å². The fourth-order valence-electron chi connectivity index (χ4n) is 2.12. The molecule has 1 atom stereocenters. The van der Waals surface area contributed by atoms with E-state index in [1.165, 1.54) is 38.5 Å². The first-order valence-electron chi connectivity index (χ1n) is 5.58. The summed E-state index contributed by atoms with van der Waals surface area (Å²) in [5, 5.41) is 0. The molecule has 13 heavy (non-hydrogen) atoms. The van der Waals surface area contributed by atoms with Crippen LogP contribution in [0.15, 0.2) is 0 Å². The van der Waals surface area contributed by atoms with Crippen molar-refractivity contribution in [1.29, 1.82) is 0 Å². The summed E-state index contributed by atoms with van der Waals surface area (Å²) in [6.45, 7) is 2.00. The molecule has 2 fully saturated rings. The number of rotatable bonds is 4. The van der Waals surface area contributed by atoms with Gasteiger partial charge in [-0.1, -0.05) is 15.9 Å². The van der Waals surface area contributed by atoms with Crippen molar-refractivity contribution >= 4 is 15.9 Å². The van der Waals surface area contributed by atoms with Gasteiger partial charge in [0.15, 0.2) is 0 Å². The van der Waals surface area contributed by atoms with Crippen molar-refractivity contribution in [2.45, 2.75) is 43.4 Å². The lowest BCUT2D eigenvalue weighted by Gasteiger charge is -2.22. The maximum Gasteiger partial charge on any atom is 0.0468 e. The van der Waals surface area contributed by atoms with E-state index in [2.05, 4.69) is 15.9 Å². The highest BCUT2D eigenvalue weighted by atomic mass is 79.9. The van der Waals surface area contributed by atoms with Crippen LogP contribution in [0.2, 0.25) is 0 Å². The van der Waals surface area contributed by atoms with Gasteiger partial charge in [0, 0.05) is 18.0 Å². The summed E-state index contributed by atoms with van der Waals surface area (Å²) in [6, 6.07) is 0. The van der Waals surface area contributed by atoms with Gasteiger partial charge in [0.05, 0.1) is 0 Å². The number of halogens is 1. The fraction of sp³-hybridized carbons (Fsp3) is 1.00. The van der Waals surface area contributed by atoms with Gasteiger partial charge in [0.25, 0.3) is 0 Å². The van der Waals surface area contributed by atoms with E-state index >= 15 is 0 Å². The maximum absolute atomic E-state index is 5.35. The maximum atomic E-state index is 5.35. The van der Waals surface area contributed by atoms with Crippen LogP contribution < -0.4 is 0 Å². The van der Waals surface area contributed by atoms with Crippen molar-refractivity contribution in [3.8, 4) is 0 Å². The van der Waals surface area contributed by atoms with Crippen LogP contribution >= 0.6 is 15.9 Å². The Bertz CT molecular complexity index is 150. The van der Waals surface area contributed by atoms with E-state index in [0.29, 0.717) is 0 Å². The molecule has 0 radical (unpaired) electrons. The van der Waals surface area contributed by atoms with E-state index in [1.807, 2.05) is 0 Å². The van der Waals surface area contributed by atoms with Gasteiger partial charge in [0.2, 0.25) is 0 Å². The summed E-state index contributed by atoms with van der Waals surface area (Å²) in [5.74, 6) is 1.97. The molecule has 0 aromatic rings. The Kier molecular flexibility index (Phi) is 3.67. The quantitative estimate of drug-likeness (QED) is 0.692. The molecular weight excluding hydrogens is 228 g/mol. The number of hydrogen-bond donors (Lipinski definition) is 0. The molecular formula is C11H19BrO. The average Bonchev–Trinajstić information content (AvgIpc) is 2.99. The largest absolute Gasteiger partial charge is 0.381 e. The third kappa shape index (κ3) is 3.25. The molecule has 0 aromatic carbocycles. The first-order valence-corrected chi connectivity index (χ1v) is 6.49. The molecule has 1 aliphatic carbocycles. The third-order valence-electron chi connectivity index (χ3n) is 3.33. The van der Waals surface area contributed by atoms with Crippen LogP contribution in [0.5, 0.6) is 0 Å². The van der Waals surface area contributed by atoms with Crippen LogP contribution in [0, 0.1) is 11.8 Å². The summed E-state index contributed by atoms with van der Waals surface area (Å²) in [5.41, 5.74) is 0. The summed E-state index contributed by atoms with van der Waals surface area (Å²) in [7, 11) is 0. The topological polar surface area (TPSA) is 9.23 Å². The number of hydrogen-bond acceptors (Lipinski definition) is 1. The highest BCUT2D eigenvalue weighted by molar-refractivity contribution is 9.09. The second kappa shape index (κ2) is 4.79. The Hall–Kier alpha value is 0.440. The smallest absolute Gasteiger partial charge is 0.0468 e. The summed E-state index contributed by atoms with van der Waals surface area (Å²) >= 11 is 3.80. The molecule has 0 bridgehead atoms. The molecule has 0 amide bonds. The summed E-state index contributed by atoms with van der Waals surface area (Å²) in [6.07, 6.45) is 8.31. The third-order valence-corrected chi connectivity index (χ3v) is 4.53. The van der Waals surface area contributed by atoms with Gasteiger partial charge in [-0.25, -0.2) is 0 Å². The van der Waals surface area contributed by atoms with Crippen molar-refractivity contribution in [2.75, 3.05) is 13.2 Å². The first kappa shape index (κ1) is 9.97. The predicted molar refractivity (Wildman–Crippen MR) is 58.2 cm³/mol. The monoisotopic (exact) mass is 246 g/mol. The summed E-state index contributed by atoms with van der Waals surface area (Å²) < 4.78 is 5.35. The fourth-order valence-corrected chi connectivity index (χ4v) is 2.92. The van der Waals surface area contributed by atoms with Crippen molar-refractivity contribution in [1.82, 2.24) is 0 Å². The van der Waals surface area contributed by atoms with Crippen LogP contribution in [0.25, 0.3) is 0 Å². The van der Waals surface area contributed by atoms with Crippen molar-refractivity contribution < 1.29 is 4.74 Å². The molecule has 1 saturated heterocycles. The van der Waals surface area contributed by atoms with E-state index in [4.69, 9.17) is 4.74 Å². The van der Waals surface area contributed by atoms with E-state index in [1.54, 1.807) is 0 Å². The number of ether oxygens (including phenoxy) is 1. The zero-order valence-corrected chi connectivity index (χ0v) is 9.76. The highest BCUT2D eigenvalue weighted by Crippen LogP contribution is 2.39. The standard InChI is InChI=1S/C11H19BrO/c12-11(10-2-3-10)4-1-9-5-7-13-8-6-9/h9-11H,1-8H2. The lowest BCUT2D eigenvalue weighted by Crippen LogP contribution is -2.16. The molecule has 1 heterocycles. The Balaban J connectivity index is 1.60. The number of alkyl halides is 1. The van der Waals surface area contributed by atoms with Gasteiger partial charge in [-0.3, -0.25) is 0 Å². The second-order valence-electron chi connectivity index (χ2n) is 4.49. The molecule has 1 aliphatic heterocycles. The van der Waals surface area contributed by atoms with Crippen LogP contribution in [0.1, 0.15) is 38.5 Å². The predicted octanol–water partition coefficient (Wildman–Crippen LogP) is 3.37. The van der Waals surface area contributed by atoms with Crippen molar-refractivity contribution in [3.05, 3.63) is 0 Å². The molecule has 2 heteroatoms. The lowest BCUT2D eigenvalue weighted by atomic mass is 9.93. The highest BCUT2D eigenvalue weighted by Gasteiger charge is 2.29.